The van der Waals surface area contributed by atoms with E-state index in [1.807, 2.05) is 29.2 Å². The van der Waals surface area contributed by atoms with Crippen LogP contribution in [0.15, 0.2) is 24.3 Å². The molecule has 0 saturated carbocycles. The Morgan fingerprint density at radius 3 is 3.00 bits per heavy atom. The normalized spacial score (nSPS) is 20.6. The van der Waals surface area contributed by atoms with Crippen LogP contribution in [0, 0.1) is 0 Å². The summed E-state index contributed by atoms with van der Waals surface area (Å²) in [5.41, 5.74) is 1.77. The zero-order chi connectivity index (χ0) is 13.0. The molecule has 0 radical (unpaired) electrons. The molecule has 1 amide bonds. The number of halogens is 1. The number of hydrogen-bond acceptors (Lipinski definition) is 1. The van der Waals surface area contributed by atoms with E-state index in [0.717, 1.165) is 30.5 Å². The molecule has 0 bridgehead atoms. The predicted octanol–water partition coefficient (Wildman–Crippen LogP) is 3.83. The van der Waals surface area contributed by atoms with Crippen molar-refractivity contribution in [1.29, 1.82) is 0 Å². The van der Waals surface area contributed by atoms with Gasteiger partial charge in [0.25, 0.3) is 5.91 Å². The number of benzene rings is 1. The number of likely N-dealkylation sites (tertiary alicyclic amines) is 1. The third kappa shape index (κ3) is 3.05. The number of amides is 1. The number of hydrogen-bond donors (Lipinski definition) is 0. The van der Waals surface area contributed by atoms with E-state index in [-0.39, 0.29) is 5.91 Å². The first-order chi connectivity index (χ1) is 8.72. The Bertz CT molecular complexity index is 419. The topological polar surface area (TPSA) is 20.3 Å². The van der Waals surface area contributed by atoms with Gasteiger partial charge in [-0.3, -0.25) is 4.79 Å². The molecule has 2 rings (SSSR count). The predicted molar refractivity (Wildman–Crippen MR) is 75.0 cm³/mol. The van der Waals surface area contributed by atoms with Crippen molar-refractivity contribution in [3.63, 3.8) is 0 Å². The van der Waals surface area contributed by atoms with E-state index in [9.17, 15) is 4.79 Å². The molecule has 3 heteroatoms. The van der Waals surface area contributed by atoms with Gasteiger partial charge in [-0.25, -0.2) is 0 Å². The van der Waals surface area contributed by atoms with E-state index in [1.54, 1.807) is 0 Å². The third-order valence-electron chi connectivity index (χ3n) is 3.64. The third-order valence-corrected chi connectivity index (χ3v) is 3.95. The van der Waals surface area contributed by atoms with Crippen molar-refractivity contribution < 1.29 is 4.79 Å². The molecule has 1 aliphatic heterocycles. The number of alkyl halides is 1. The summed E-state index contributed by atoms with van der Waals surface area (Å²) in [4.78, 5) is 14.5. The van der Waals surface area contributed by atoms with Crippen LogP contribution < -0.4 is 0 Å². The zero-order valence-corrected chi connectivity index (χ0v) is 11.6. The molecule has 18 heavy (non-hydrogen) atoms. The van der Waals surface area contributed by atoms with Gasteiger partial charge >= 0.3 is 0 Å². The molecule has 0 spiro atoms. The van der Waals surface area contributed by atoms with Crippen LogP contribution in [0.3, 0.4) is 0 Å². The fraction of sp³-hybridized carbons (Fsp3) is 0.533. The molecular formula is C15H20ClNO. The van der Waals surface area contributed by atoms with E-state index in [1.165, 1.54) is 12.8 Å². The van der Waals surface area contributed by atoms with Crippen LogP contribution >= 0.6 is 11.6 Å². The number of rotatable bonds is 2. The minimum Gasteiger partial charge on any atom is -0.336 e. The summed E-state index contributed by atoms with van der Waals surface area (Å²) in [6.07, 6.45) is 4.69. The second-order valence-corrected chi connectivity index (χ2v) is 5.30. The average Bonchev–Trinajstić information content (AvgIpc) is 2.62. The van der Waals surface area contributed by atoms with Gasteiger partial charge in [-0.2, -0.15) is 0 Å². The van der Waals surface area contributed by atoms with Crippen molar-refractivity contribution in [1.82, 2.24) is 4.90 Å². The zero-order valence-electron chi connectivity index (χ0n) is 10.9. The minimum absolute atomic E-state index is 0.149. The lowest BCUT2D eigenvalue weighted by molar-refractivity contribution is 0.0698. The summed E-state index contributed by atoms with van der Waals surface area (Å²) in [6, 6.07) is 8.01. The lowest BCUT2D eigenvalue weighted by Crippen LogP contribution is -2.38. The summed E-state index contributed by atoms with van der Waals surface area (Å²) in [5.74, 6) is 0.604. The van der Waals surface area contributed by atoms with Gasteiger partial charge < -0.3 is 4.90 Å². The molecule has 0 aliphatic carbocycles. The summed E-state index contributed by atoms with van der Waals surface area (Å²) < 4.78 is 0. The maximum Gasteiger partial charge on any atom is 0.254 e. The van der Waals surface area contributed by atoms with E-state index in [2.05, 4.69) is 6.92 Å². The molecule has 1 aromatic rings. The quantitative estimate of drug-likeness (QED) is 0.744. The molecule has 1 aliphatic rings. The largest absolute Gasteiger partial charge is 0.336 e. The lowest BCUT2D eigenvalue weighted by atomic mass is 10.1. The molecule has 1 heterocycles. The Kier molecular flexibility index (Phi) is 4.65. The van der Waals surface area contributed by atoms with Crippen LogP contribution in [0.25, 0.3) is 0 Å². The standard InChI is InChI=1S/C15H20ClNO/c1-12-6-3-2-4-9-17(12)15(18)14-8-5-7-13(10-14)11-16/h5,7-8,10,12H,2-4,6,9,11H2,1H3. The Hall–Kier alpha value is -1.02. The molecule has 1 fully saturated rings. The van der Waals surface area contributed by atoms with Crippen molar-refractivity contribution in [2.45, 2.75) is 44.5 Å². The monoisotopic (exact) mass is 265 g/mol. The molecule has 2 nitrogen and oxygen atoms in total. The molecule has 1 atom stereocenters. The average molecular weight is 266 g/mol. The summed E-state index contributed by atoms with van der Waals surface area (Å²) in [7, 11) is 0. The number of carbonyl (C=O) groups is 1. The van der Waals surface area contributed by atoms with Crippen molar-refractivity contribution in [3.8, 4) is 0 Å². The highest BCUT2D eigenvalue weighted by atomic mass is 35.5. The SMILES string of the molecule is CC1CCCCCN1C(=O)c1cccc(CCl)c1. The first-order valence-corrected chi connectivity index (χ1v) is 7.21. The fourth-order valence-electron chi connectivity index (χ4n) is 2.53. The van der Waals surface area contributed by atoms with Crippen molar-refractivity contribution in [2.75, 3.05) is 6.54 Å². The van der Waals surface area contributed by atoms with Gasteiger partial charge in [0.05, 0.1) is 0 Å². The maximum atomic E-state index is 12.5. The van der Waals surface area contributed by atoms with E-state index >= 15 is 0 Å². The Balaban J connectivity index is 2.18. The number of nitrogens with zero attached hydrogens (tertiary/aromatic N) is 1. The first kappa shape index (κ1) is 13.4. The highest BCUT2D eigenvalue weighted by Gasteiger charge is 2.22. The molecule has 0 N–H and O–H groups in total. The molecule has 98 valence electrons. The van der Waals surface area contributed by atoms with Crippen LogP contribution in [-0.4, -0.2) is 23.4 Å². The Morgan fingerprint density at radius 1 is 1.39 bits per heavy atom. The molecule has 1 aromatic carbocycles. The first-order valence-electron chi connectivity index (χ1n) is 6.68. The molecule has 0 aromatic heterocycles. The number of carbonyl (C=O) groups excluding carboxylic acids is 1. The lowest BCUT2D eigenvalue weighted by Gasteiger charge is -2.27. The van der Waals surface area contributed by atoms with Crippen molar-refractivity contribution in [2.24, 2.45) is 0 Å². The summed E-state index contributed by atoms with van der Waals surface area (Å²) >= 11 is 5.82. The fourth-order valence-corrected chi connectivity index (χ4v) is 2.70. The van der Waals surface area contributed by atoms with E-state index in [0.29, 0.717) is 11.9 Å². The molecule has 1 unspecified atom stereocenters. The maximum absolute atomic E-state index is 12.5. The van der Waals surface area contributed by atoms with Gasteiger partial charge in [0.1, 0.15) is 0 Å². The van der Waals surface area contributed by atoms with Crippen LogP contribution in [0.5, 0.6) is 0 Å². The molecule has 1 saturated heterocycles. The van der Waals surface area contributed by atoms with Gasteiger partial charge in [0.15, 0.2) is 0 Å². The van der Waals surface area contributed by atoms with Crippen molar-refractivity contribution >= 4 is 17.5 Å². The van der Waals surface area contributed by atoms with Crippen molar-refractivity contribution in [3.05, 3.63) is 35.4 Å². The van der Waals surface area contributed by atoms with Crippen LogP contribution in [-0.2, 0) is 5.88 Å². The second-order valence-electron chi connectivity index (χ2n) is 5.03. The Labute approximate surface area is 114 Å². The van der Waals surface area contributed by atoms with Gasteiger partial charge in [0.2, 0.25) is 0 Å². The highest BCUT2D eigenvalue weighted by molar-refractivity contribution is 6.17. The second kappa shape index (κ2) is 6.24. The van der Waals surface area contributed by atoms with Gasteiger partial charge in [-0.15, -0.1) is 11.6 Å². The van der Waals surface area contributed by atoms with E-state index < -0.39 is 0 Å². The van der Waals surface area contributed by atoms with Gasteiger partial charge in [0, 0.05) is 24.0 Å². The summed E-state index contributed by atoms with van der Waals surface area (Å²) in [5, 5.41) is 0. The molecular weight excluding hydrogens is 246 g/mol. The van der Waals surface area contributed by atoms with Gasteiger partial charge in [-0.05, 0) is 37.5 Å². The van der Waals surface area contributed by atoms with E-state index in [4.69, 9.17) is 11.6 Å². The summed E-state index contributed by atoms with van der Waals surface area (Å²) in [6.45, 7) is 3.03. The Morgan fingerprint density at radius 2 is 2.22 bits per heavy atom. The minimum atomic E-state index is 0.149. The van der Waals surface area contributed by atoms with Crippen LogP contribution in [0.2, 0.25) is 0 Å². The van der Waals surface area contributed by atoms with Crippen LogP contribution in [0.4, 0.5) is 0 Å². The van der Waals surface area contributed by atoms with Gasteiger partial charge in [-0.1, -0.05) is 25.0 Å². The highest BCUT2D eigenvalue weighted by Crippen LogP contribution is 2.19. The smallest absolute Gasteiger partial charge is 0.254 e. The van der Waals surface area contributed by atoms with Crippen LogP contribution in [0.1, 0.15) is 48.5 Å².